The molecule has 0 aromatic heterocycles. The molecule has 25 heavy (non-hydrogen) atoms. The summed E-state index contributed by atoms with van der Waals surface area (Å²) in [4.78, 5) is 28.3. The molecule has 0 saturated heterocycles. The number of nitrogens with zero attached hydrogens (tertiary/aromatic N) is 2. The number of halogens is 1. The Labute approximate surface area is 150 Å². The van der Waals surface area contributed by atoms with E-state index in [0.717, 1.165) is 18.5 Å². The van der Waals surface area contributed by atoms with E-state index in [0.29, 0.717) is 23.0 Å². The number of hydrogen-bond acceptors (Lipinski definition) is 4. The Kier molecular flexibility index (Phi) is 4.09. The SMILES string of the molecule is O=C1CN(CC(=O)N2CCCc3ccccc32)c2cc(Cl)ccc2O1. The number of carbonyl (C=O) groups is 2. The lowest BCUT2D eigenvalue weighted by Crippen LogP contribution is -2.46. The molecule has 6 heteroatoms. The molecule has 0 spiro atoms. The summed E-state index contributed by atoms with van der Waals surface area (Å²) in [5.74, 6) is 0.0296. The van der Waals surface area contributed by atoms with Crippen LogP contribution in [0.5, 0.6) is 5.75 Å². The van der Waals surface area contributed by atoms with Crippen LogP contribution < -0.4 is 14.5 Å². The molecule has 2 aromatic carbocycles. The van der Waals surface area contributed by atoms with E-state index >= 15 is 0 Å². The molecular formula is C19H17ClN2O3. The quantitative estimate of drug-likeness (QED) is 0.613. The van der Waals surface area contributed by atoms with Crippen LogP contribution in [0.2, 0.25) is 5.02 Å². The zero-order chi connectivity index (χ0) is 17.4. The average Bonchev–Trinajstić information content (AvgIpc) is 2.61. The van der Waals surface area contributed by atoms with Crippen molar-refractivity contribution in [2.24, 2.45) is 0 Å². The zero-order valence-electron chi connectivity index (χ0n) is 13.6. The lowest BCUT2D eigenvalue weighted by atomic mass is 10.0. The highest BCUT2D eigenvalue weighted by Gasteiger charge is 2.29. The molecule has 2 aromatic rings. The molecule has 0 unspecified atom stereocenters. The highest BCUT2D eigenvalue weighted by molar-refractivity contribution is 6.31. The normalized spacial score (nSPS) is 16.1. The first-order valence-electron chi connectivity index (χ1n) is 8.25. The smallest absolute Gasteiger partial charge is 0.331 e. The molecule has 0 fully saturated rings. The molecule has 0 saturated carbocycles. The van der Waals surface area contributed by atoms with Gasteiger partial charge in [-0.25, -0.2) is 4.79 Å². The van der Waals surface area contributed by atoms with Crippen molar-refractivity contribution in [2.75, 3.05) is 29.4 Å². The number of carbonyl (C=O) groups excluding carboxylic acids is 2. The van der Waals surface area contributed by atoms with Crippen LogP contribution in [-0.4, -0.2) is 31.5 Å². The summed E-state index contributed by atoms with van der Waals surface area (Å²) >= 11 is 6.07. The number of rotatable bonds is 2. The first-order valence-corrected chi connectivity index (χ1v) is 8.63. The summed E-state index contributed by atoms with van der Waals surface area (Å²) in [5.41, 5.74) is 2.82. The van der Waals surface area contributed by atoms with Gasteiger partial charge in [0.15, 0.2) is 5.75 Å². The van der Waals surface area contributed by atoms with Crippen LogP contribution in [0.3, 0.4) is 0 Å². The van der Waals surface area contributed by atoms with Gasteiger partial charge in [-0.1, -0.05) is 29.8 Å². The molecular weight excluding hydrogens is 340 g/mol. The highest BCUT2D eigenvalue weighted by Crippen LogP contribution is 2.35. The number of amides is 1. The molecule has 0 radical (unpaired) electrons. The van der Waals surface area contributed by atoms with Gasteiger partial charge in [0.05, 0.1) is 12.2 Å². The summed E-state index contributed by atoms with van der Waals surface area (Å²) in [7, 11) is 0. The molecule has 1 amide bonds. The maximum atomic E-state index is 12.9. The fraction of sp³-hybridized carbons (Fsp3) is 0.263. The van der Waals surface area contributed by atoms with Gasteiger partial charge in [-0.2, -0.15) is 0 Å². The van der Waals surface area contributed by atoms with Gasteiger partial charge in [0, 0.05) is 17.3 Å². The lowest BCUT2D eigenvalue weighted by molar-refractivity contribution is -0.133. The Bertz CT molecular complexity index is 852. The Hall–Kier alpha value is -2.53. The molecule has 2 heterocycles. The fourth-order valence-electron chi connectivity index (χ4n) is 3.40. The first kappa shape index (κ1) is 16.0. The Morgan fingerprint density at radius 3 is 2.88 bits per heavy atom. The van der Waals surface area contributed by atoms with Gasteiger partial charge in [0.1, 0.15) is 6.54 Å². The predicted octanol–water partition coefficient (Wildman–Crippen LogP) is 3.04. The topological polar surface area (TPSA) is 49.9 Å². The van der Waals surface area contributed by atoms with Gasteiger partial charge in [0.25, 0.3) is 0 Å². The first-order chi connectivity index (χ1) is 12.1. The third kappa shape index (κ3) is 3.07. The third-order valence-electron chi connectivity index (χ3n) is 4.54. The van der Waals surface area contributed by atoms with E-state index in [9.17, 15) is 9.59 Å². The molecule has 0 atom stereocenters. The van der Waals surface area contributed by atoms with Crippen LogP contribution in [0.4, 0.5) is 11.4 Å². The highest BCUT2D eigenvalue weighted by atomic mass is 35.5. The van der Waals surface area contributed by atoms with E-state index in [1.807, 2.05) is 23.1 Å². The summed E-state index contributed by atoms with van der Waals surface area (Å²) in [6.45, 7) is 0.835. The molecule has 0 aliphatic carbocycles. The van der Waals surface area contributed by atoms with Crippen LogP contribution in [0.25, 0.3) is 0 Å². The van der Waals surface area contributed by atoms with Crippen LogP contribution in [0, 0.1) is 0 Å². The predicted molar refractivity (Wildman–Crippen MR) is 96.4 cm³/mol. The van der Waals surface area contributed by atoms with Crippen molar-refractivity contribution in [3.05, 3.63) is 53.1 Å². The standard InChI is InChI=1S/C19H17ClN2O3/c20-14-7-8-17-16(10-14)21(12-19(24)25-17)11-18(23)22-9-3-5-13-4-1-2-6-15(13)22/h1-2,4,6-8,10H,3,5,9,11-12H2. The van der Waals surface area contributed by atoms with Gasteiger partial charge in [-0.05, 0) is 42.7 Å². The second kappa shape index (κ2) is 6.41. The van der Waals surface area contributed by atoms with Gasteiger partial charge in [-0.3, -0.25) is 4.79 Å². The number of aryl methyl sites for hydroxylation is 1. The minimum Gasteiger partial charge on any atom is -0.423 e. The monoisotopic (exact) mass is 356 g/mol. The molecule has 0 bridgehead atoms. The molecule has 4 rings (SSSR count). The second-order valence-corrected chi connectivity index (χ2v) is 6.66. The summed E-state index contributed by atoms with van der Waals surface area (Å²) < 4.78 is 5.24. The van der Waals surface area contributed by atoms with Crippen molar-refractivity contribution in [1.29, 1.82) is 0 Å². The average molecular weight is 357 g/mol. The van der Waals surface area contributed by atoms with Crippen molar-refractivity contribution < 1.29 is 14.3 Å². The third-order valence-corrected chi connectivity index (χ3v) is 4.78. The number of fused-ring (bicyclic) bond motifs is 2. The van der Waals surface area contributed by atoms with Crippen LogP contribution in [0.15, 0.2) is 42.5 Å². The largest absolute Gasteiger partial charge is 0.423 e. The van der Waals surface area contributed by atoms with Crippen molar-refractivity contribution in [3.63, 3.8) is 0 Å². The second-order valence-electron chi connectivity index (χ2n) is 6.22. The van der Waals surface area contributed by atoms with Crippen LogP contribution in [0.1, 0.15) is 12.0 Å². The molecule has 2 aliphatic rings. The Balaban J connectivity index is 1.60. The summed E-state index contributed by atoms with van der Waals surface area (Å²) in [6.07, 6.45) is 1.92. The lowest BCUT2D eigenvalue weighted by Gasteiger charge is -2.34. The summed E-state index contributed by atoms with van der Waals surface area (Å²) in [6, 6.07) is 13.0. The van der Waals surface area contributed by atoms with Gasteiger partial charge >= 0.3 is 5.97 Å². The number of benzene rings is 2. The van der Waals surface area contributed by atoms with E-state index in [4.69, 9.17) is 16.3 Å². The molecule has 2 aliphatic heterocycles. The number of hydrogen-bond donors (Lipinski definition) is 0. The number of ether oxygens (including phenoxy) is 1. The van der Waals surface area contributed by atoms with E-state index in [2.05, 4.69) is 6.07 Å². The van der Waals surface area contributed by atoms with Crippen LogP contribution in [-0.2, 0) is 16.0 Å². The molecule has 0 N–H and O–H groups in total. The van der Waals surface area contributed by atoms with Crippen LogP contribution >= 0.6 is 11.6 Å². The molecule has 128 valence electrons. The van der Waals surface area contributed by atoms with Crippen molar-refractivity contribution in [1.82, 2.24) is 0 Å². The van der Waals surface area contributed by atoms with E-state index in [-0.39, 0.29) is 25.0 Å². The fourth-order valence-corrected chi connectivity index (χ4v) is 3.57. The van der Waals surface area contributed by atoms with E-state index < -0.39 is 0 Å². The molecule has 5 nitrogen and oxygen atoms in total. The zero-order valence-corrected chi connectivity index (χ0v) is 14.3. The van der Waals surface area contributed by atoms with Crippen molar-refractivity contribution >= 4 is 34.9 Å². The van der Waals surface area contributed by atoms with E-state index in [1.54, 1.807) is 23.1 Å². The van der Waals surface area contributed by atoms with Crippen molar-refractivity contribution in [2.45, 2.75) is 12.8 Å². The van der Waals surface area contributed by atoms with Gasteiger partial charge < -0.3 is 14.5 Å². The van der Waals surface area contributed by atoms with E-state index in [1.165, 1.54) is 5.56 Å². The van der Waals surface area contributed by atoms with Gasteiger partial charge in [-0.15, -0.1) is 0 Å². The van der Waals surface area contributed by atoms with Crippen molar-refractivity contribution in [3.8, 4) is 5.75 Å². The van der Waals surface area contributed by atoms with Gasteiger partial charge in [0.2, 0.25) is 5.91 Å². The Morgan fingerprint density at radius 1 is 1.16 bits per heavy atom. The number of para-hydroxylation sites is 1. The summed E-state index contributed by atoms with van der Waals surface area (Å²) in [5, 5.41) is 0.539. The minimum atomic E-state index is -0.373. The maximum absolute atomic E-state index is 12.9. The maximum Gasteiger partial charge on any atom is 0.331 e. The number of anilines is 2. The number of esters is 1. The minimum absolute atomic E-state index is 0.0345. The Morgan fingerprint density at radius 2 is 2.00 bits per heavy atom.